The average molecular weight is 264 g/mol. The van der Waals surface area contributed by atoms with Gasteiger partial charge in [0.2, 0.25) is 0 Å². The number of halogens is 3. The number of anilines is 1. The second kappa shape index (κ2) is 5.78. The van der Waals surface area contributed by atoms with Crippen LogP contribution in [-0.2, 0) is 12.6 Å². The molecule has 0 aliphatic rings. The summed E-state index contributed by atoms with van der Waals surface area (Å²) in [6.45, 7) is 0.676. The van der Waals surface area contributed by atoms with Crippen molar-refractivity contribution in [3.8, 4) is 0 Å². The first-order valence-electron chi connectivity index (χ1n) is 5.92. The van der Waals surface area contributed by atoms with Gasteiger partial charge >= 0.3 is 6.18 Å². The molecule has 0 aliphatic heterocycles. The molecule has 1 radical (unpaired) electrons. The van der Waals surface area contributed by atoms with Gasteiger partial charge in [0, 0.05) is 12.2 Å². The fourth-order valence-corrected chi connectivity index (χ4v) is 1.72. The SMILES string of the molecule is FC(F)(F)c1ccc(NCCc2cc[c]cc2)cc1. The molecule has 0 saturated carbocycles. The van der Waals surface area contributed by atoms with Gasteiger partial charge in [-0.25, -0.2) is 0 Å². The van der Waals surface area contributed by atoms with Gasteiger partial charge in [-0.15, -0.1) is 0 Å². The summed E-state index contributed by atoms with van der Waals surface area (Å²) in [6, 6.07) is 15.6. The fraction of sp³-hybridized carbons (Fsp3) is 0.200. The summed E-state index contributed by atoms with van der Waals surface area (Å²) in [5.41, 5.74) is 1.23. The number of nitrogens with one attached hydrogen (secondary N) is 1. The van der Waals surface area contributed by atoms with Crippen LogP contribution in [0.3, 0.4) is 0 Å². The molecule has 1 nitrogen and oxygen atoms in total. The minimum atomic E-state index is -4.28. The van der Waals surface area contributed by atoms with Crippen molar-refractivity contribution in [2.45, 2.75) is 12.6 Å². The first kappa shape index (κ1) is 13.5. The standard InChI is InChI=1S/C15H13F3N/c16-15(17,18)13-6-8-14(9-7-13)19-11-10-12-4-2-1-3-5-12/h2-9,19H,10-11H2. The quantitative estimate of drug-likeness (QED) is 0.874. The Morgan fingerprint density at radius 1 is 0.947 bits per heavy atom. The summed E-state index contributed by atoms with van der Waals surface area (Å²) in [4.78, 5) is 0. The predicted molar refractivity (Wildman–Crippen MR) is 68.9 cm³/mol. The third-order valence-corrected chi connectivity index (χ3v) is 2.74. The van der Waals surface area contributed by atoms with E-state index in [0.29, 0.717) is 12.2 Å². The van der Waals surface area contributed by atoms with E-state index in [9.17, 15) is 13.2 Å². The molecule has 0 heterocycles. The van der Waals surface area contributed by atoms with Crippen LogP contribution in [0.5, 0.6) is 0 Å². The Bertz CT molecular complexity index is 503. The van der Waals surface area contributed by atoms with Crippen LogP contribution in [0.1, 0.15) is 11.1 Å². The van der Waals surface area contributed by atoms with E-state index in [4.69, 9.17) is 0 Å². The normalized spacial score (nSPS) is 11.3. The third kappa shape index (κ3) is 4.02. The van der Waals surface area contributed by atoms with Gasteiger partial charge in [0.1, 0.15) is 0 Å². The van der Waals surface area contributed by atoms with Gasteiger partial charge in [0.05, 0.1) is 5.56 Å². The molecule has 4 heteroatoms. The monoisotopic (exact) mass is 264 g/mol. The number of hydrogen-bond donors (Lipinski definition) is 1. The Morgan fingerprint density at radius 3 is 2.16 bits per heavy atom. The number of benzene rings is 2. The van der Waals surface area contributed by atoms with E-state index in [0.717, 1.165) is 24.1 Å². The maximum atomic E-state index is 12.4. The molecular formula is C15H13F3N. The molecule has 19 heavy (non-hydrogen) atoms. The highest BCUT2D eigenvalue weighted by Gasteiger charge is 2.29. The van der Waals surface area contributed by atoms with Crippen molar-refractivity contribution >= 4 is 5.69 Å². The van der Waals surface area contributed by atoms with Crippen LogP contribution in [0.15, 0.2) is 48.5 Å². The van der Waals surface area contributed by atoms with Crippen LogP contribution in [-0.4, -0.2) is 6.54 Å². The zero-order chi connectivity index (χ0) is 13.7. The molecule has 2 rings (SSSR count). The Labute approximate surface area is 110 Å². The molecular weight excluding hydrogens is 251 g/mol. The summed E-state index contributed by atoms with van der Waals surface area (Å²) >= 11 is 0. The second-order valence-corrected chi connectivity index (χ2v) is 4.16. The topological polar surface area (TPSA) is 12.0 Å². The molecule has 0 bridgehead atoms. The Morgan fingerprint density at radius 2 is 1.58 bits per heavy atom. The predicted octanol–water partition coefficient (Wildman–Crippen LogP) is 4.16. The zero-order valence-corrected chi connectivity index (χ0v) is 10.2. The van der Waals surface area contributed by atoms with E-state index in [1.807, 2.05) is 24.3 Å². The second-order valence-electron chi connectivity index (χ2n) is 4.16. The molecule has 0 unspecified atom stereocenters. The number of hydrogen-bond acceptors (Lipinski definition) is 1. The highest BCUT2D eigenvalue weighted by Crippen LogP contribution is 2.29. The average Bonchev–Trinajstić information content (AvgIpc) is 2.39. The zero-order valence-electron chi connectivity index (χ0n) is 10.2. The molecule has 0 amide bonds. The van der Waals surface area contributed by atoms with Crippen molar-refractivity contribution < 1.29 is 13.2 Å². The van der Waals surface area contributed by atoms with Crippen LogP contribution in [0.2, 0.25) is 0 Å². The molecule has 0 aromatic heterocycles. The van der Waals surface area contributed by atoms with E-state index in [1.54, 1.807) is 0 Å². The highest BCUT2D eigenvalue weighted by atomic mass is 19.4. The van der Waals surface area contributed by atoms with E-state index >= 15 is 0 Å². The molecule has 0 atom stereocenters. The molecule has 0 aliphatic carbocycles. The third-order valence-electron chi connectivity index (χ3n) is 2.74. The molecule has 1 N–H and O–H groups in total. The van der Waals surface area contributed by atoms with Gasteiger partial charge in [0.25, 0.3) is 0 Å². The Balaban J connectivity index is 1.87. The van der Waals surface area contributed by atoms with E-state index in [-0.39, 0.29) is 0 Å². The van der Waals surface area contributed by atoms with E-state index in [2.05, 4.69) is 11.4 Å². The van der Waals surface area contributed by atoms with Gasteiger partial charge < -0.3 is 5.32 Å². The minimum absolute atomic E-state index is 0.628. The van der Waals surface area contributed by atoms with Crippen LogP contribution in [0.4, 0.5) is 18.9 Å². The first-order valence-corrected chi connectivity index (χ1v) is 5.92. The van der Waals surface area contributed by atoms with Gasteiger partial charge in [-0.05, 0) is 42.3 Å². The van der Waals surface area contributed by atoms with Crippen molar-refractivity contribution in [2.75, 3.05) is 11.9 Å². The molecule has 2 aromatic carbocycles. The molecule has 0 saturated heterocycles. The first-order chi connectivity index (χ1) is 9.05. The maximum absolute atomic E-state index is 12.4. The Hall–Kier alpha value is -1.97. The summed E-state index contributed by atoms with van der Waals surface area (Å²) in [5, 5.41) is 3.09. The summed E-state index contributed by atoms with van der Waals surface area (Å²) in [7, 11) is 0. The lowest BCUT2D eigenvalue weighted by atomic mass is 10.1. The smallest absolute Gasteiger partial charge is 0.385 e. The van der Waals surface area contributed by atoms with Gasteiger partial charge in [0.15, 0.2) is 0 Å². The van der Waals surface area contributed by atoms with Crippen LogP contribution >= 0.6 is 0 Å². The summed E-state index contributed by atoms with van der Waals surface area (Å²) in [5.74, 6) is 0. The Kier molecular flexibility index (Phi) is 4.10. The van der Waals surface area contributed by atoms with Gasteiger partial charge in [-0.2, -0.15) is 13.2 Å². The minimum Gasteiger partial charge on any atom is -0.385 e. The van der Waals surface area contributed by atoms with Crippen LogP contribution < -0.4 is 5.32 Å². The summed E-state index contributed by atoms with van der Waals surface area (Å²) < 4.78 is 37.1. The van der Waals surface area contributed by atoms with E-state index < -0.39 is 11.7 Å². The fourth-order valence-electron chi connectivity index (χ4n) is 1.72. The van der Waals surface area contributed by atoms with Gasteiger partial charge in [-0.1, -0.05) is 24.3 Å². The van der Waals surface area contributed by atoms with Crippen LogP contribution in [0.25, 0.3) is 0 Å². The molecule has 0 fully saturated rings. The highest BCUT2D eigenvalue weighted by molar-refractivity contribution is 5.45. The van der Waals surface area contributed by atoms with Crippen molar-refractivity contribution in [2.24, 2.45) is 0 Å². The molecule has 2 aromatic rings. The van der Waals surface area contributed by atoms with E-state index in [1.165, 1.54) is 12.1 Å². The van der Waals surface area contributed by atoms with Crippen molar-refractivity contribution in [3.05, 3.63) is 65.7 Å². The molecule has 0 spiro atoms. The lowest BCUT2D eigenvalue weighted by Crippen LogP contribution is -2.07. The van der Waals surface area contributed by atoms with Crippen LogP contribution in [0, 0.1) is 6.07 Å². The van der Waals surface area contributed by atoms with Crippen molar-refractivity contribution in [1.82, 2.24) is 0 Å². The molecule has 99 valence electrons. The lowest BCUT2D eigenvalue weighted by Gasteiger charge is -2.09. The number of rotatable bonds is 4. The lowest BCUT2D eigenvalue weighted by molar-refractivity contribution is -0.137. The van der Waals surface area contributed by atoms with Crippen molar-refractivity contribution in [3.63, 3.8) is 0 Å². The van der Waals surface area contributed by atoms with Gasteiger partial charge in [-0.3, -0.25) is 0 Å². The van der Waals surface area contributed by atoms with Crippen molar-refractivity contribution in [1.29, 1.82) is 0 Å². The maximum Gasteiger partial charge on any atom is 0.416 e. The number of alkyl halides is 3. The summed E-state index contributed by atoms with van der Waals surface area (Å²) in [6.07, 6.45) is -3.46. The largest absolute Gasteiger partial charge is 0.416 e.